The summed E-state index contributed by atoms with van der Waals surface area (Å²) in [5.74, 6) is 0.971. The molecule has 0 aliphatic heterocycles. The van der Waals surface area contributed by atoms with E-state index in [-0.39, 0.29) is 0 Å². The molecule has 114 valence electrons. The summed E-state index contributed by atoms with van der Waals surface area (Å²) in [5.41, 5.74) is 2.64. The van der Waals surface area contributed by atoms with Crippen molar-refractivity contribution < 1.29 is 0 Å². The van der Waals surface area contributed by atoms with Crippen molar-refractivity contribution in [3.8, 4) is 0 Å². The first-order valence-electron chi connectivity index (χ1n) is 7.61. The number of thiazole rings is 1. The number of benzene rings is 1. The van der Waals surface area contributed by atoms with Gasteiger partial charge in [-0.2, -0.15) is 0 Å². The molecule has 0 unspecified atom stereocenters. The van der Waals surface area contributed by atoms with Gasteiger partial charge in [0.15, 0.2) is 0 Å². The molecule has 4 heteroatoms. The zero-order valence-electron chi connectivity index (χ0n) is 13.1. The van der Waals surface area contributed by atoms with Crippen LogP contribution in [-0.2, 0) is 18.7 Å². The third-order valence-electron chi connectivity index (χ3n) is 3.29. The van der Waals surface area contributed by atoms with E-state index < -0.39 is 0 Å². The van der Waals surface area contributed by atoms with E-state index in [4.69, 9.17) is 4.98 Å². The lowest BCUT2D eigenvalue weighted by Crippen LogP contribution is -2.11. The Kier molecular flexibility index (Phi) is 6.74. The van der Waals surface area contributed by atoms with Crippen LogP contribution in [0, 0.1) is 6.92 Å². The van der Waals surface area contributed by atoms with Gasteiger partial charge in [0.25, 0.3) is 0 Å². The molecule has 1 heterocycles. The van der Waals surface area contributed by atoms with E-state index in [9.17, 15) is 0 Å². The molecular formula is C17H24N2S2. The Balaban J connectivity index is 2.04. The Hall–Kier alpha value is -0.840. The number of hydrogen-bond acceptors (Lipinski definition) is 4. The van der Waals surface area contributed by atoms with Gasteiger partial charge in [0.05, 0.1) is 11.4 Å². The second-order valence-corrected chi connectivity index (χ2v) is 7.25. The van der Waals surface area contributed by atoms with Gasteiger partial charge in [-0.3, -0.25) is 0 Å². The molecule has 21 heavy (non-hydrogen) atoms. The number of thioether (sulfide) groups is 1. The van der Waals surface area contributed by atoms with E-state index in [1.165, 1.54) is 26.0 Å². The molecule has 0 spiro atoms. The Morgan fingerprint density at radius 1 is 1.24 bits per heavy atom. The third kappa shape index (κ3) is 4.83. The van der Waals surface area contributed by atoms with Gasteiger partial charge in [-0.25, -0.2) is 4.98 Å². The lowest BCUT2D eigenvalue weighted by molar-refractivity contribution is 0.723. The maximum atomic E-state index is 4.86. The largest absolute Gasteiger partial charge is 0.312 e. The van der Waals surface area contributed by atoms with E-state index in [2.05, 4.69) is 50.4 Å². The lowest BCUT2D eigenvalue weighted by atomic mass is 10.2. The van der Waals surface area contributed by atoms with E-state index in [1.807, 2.05) is 23.1 Å². The quantitative estimate of drug-likeness (QED) is 0.707. The average molecular weight is 321 g/mol. The summed E-state index contributed by atoms with van der Waals surface area (Å²) >= 11 is 3.76. The number of nitrogens with zero attached hydrogens (tertiary/aromatic N) is 1. The molecule has 1 aromatic carbocycles. The van der Waals surface area contributed by atoms with E-state index in [0.717, 1.165) is 31.7 Å². The van der Waals surface area contributed by atoms with Crippen LogP contribution in [0.15, 0.2) is 29.2 Å². The first-order chi connectivity index (χ1) is 10.2. The predicted molar refractivity (Wildman–Crippen MR) is 94.2 cm³/mol. The summed E-state index contributed by atoms with van der Waals surface area (Å²) in [7, 11) is 0. The molecule has 2 rings (SSSR count). The molecule has 0 amide bonds. The molecule has 1 N–H and O–H groups in total. The summed E-state index contributed by atoms with van der Waals surface area (Å²) in [6.45, 7) is 8.51. The van der Waals surface area contributed by atoms with Gasteiger partial charge in [-0.05, 0) is 31.5 Å². The summed E-state index contributed by atoms with van der Waals surface area (Å²) < 4.78 is 0. The summed E-state index contributed by atoms with van der Waals surface area (Å²) in [4.78, 5) is 7.63. The van der Waals surface area contributed by atoms with Crippen molar-refractivity contribution in [1.29, 1.82) is 0 Å². The number of aryl methyl sites for hydroxylation is 2. The number of nitrogens with one attached hydrogen (secondary N) is 1. The van der Waals surface area contributed by atoms with Crippen LogP contribution >= 0.6 is 23.1 Å². The lowest BCUT2D eigenvalue weighted by Gasteiger charge is -2.02. The standard InChI is InChI=1S/C17H24N2S2/c1-4-8-14-16(11-18-5-2)21-17(19-14)12-20-15-10-7-6-9-13(15)3/h6-7,9-10,18H,4-5,8,11-12H2,1-3H3. The van der Waals surface area contributed by atoms with Crippen LogP contribution in [0.4, 0.5) is 0 Å². The Bertz CT molecular complexity index is 564. The molecule has 0 bridgehead atoms. The highest BCUT2D eigenvalue weighted by Crippen LogP contribution is 2.29. The van der Waals surface area contributed by atoms with Crippen LogP contribution < -0.4 is 5.32 Å². The molecule has 0 saturated heterocycles. The topological polar surface area (TPSA) is 24.9 Å². The third-order valence-corrected chi connectivity index (χ3v) is 5.76. The molecule has 1 aromatic heterocycles. The number of hydrogen-bond donors (Lipinski definition) is 1. The van der Waals surface area contributed by atoms with Gasteiger partial charge in [0.1, 0.15) is 5.01 Å². The number of rotatable bonds is 8. The fourth-order valence-corrected chi connectivity index (χ4v) is 4.27. The first kappa shape index (κ1) is 16.5. The van der Waals surface area contributed by atoms with Crippen LogP contribution in [0.25, 0.3) is 0 Å². The fourth-order valence-electron chi connectivity index (χ4n) is 2.17. The van der Waals surface area contributed by atoms with Gasteiger partial charge >= 0.3 is 0 Å². The zero-order valence-corrected chi connectivity index (χ0v) is 14.7. The normalized spacial score (nSPS) is 11.0. The predicted octanol–water partition coefficient (Wildman–Crippen LogP) is 4.81. The average Bonchev–Trinajstić information content (AvgIpc) is 2.87. The number of aromatic nitrogens is 1. The monoisotopic (exact) mass is 320 g/mol. The van der Waals surface area contributed by atoms with E-state index in [1.54, 1.807) is 0 Å². The van der Waals surface area contributed by atoms with Crippen molar-refractivity contribution in [3.63, 3.8) is 0 Å². The Labute approximate surface area is 136 Å². The minimum Gasteiger partial charge on any atom is -0.312 e. The van der Waals surface area contributed by atoms with Crippen molar-refractivity contribution in [2.45, 2.75) is 50.8 Å². The highest BCUT2D eigenvalue weighted by atomic mass is 32.2. The molecule has 0 radical (unpaired) electrons. The highest BCUT2D eigenvalue weighted by molar-refractivity contribution is 7.98. The van der Waals surface area contributed by atoms with Gasteiger partial charge < -0.3 is 5.32 Å². The van der Waals surface area contributed by atoms with Crippen LogP contribution in [0.3, 0.4) is 0 Å². The van der Waals surface area contributed by atoms with Gasteiger partial charge in [0, 0.05) is 16.3 Å². The van der Waals surface area contributed by atoms with Crippen molar-refractivity contribution in [3.05, 3.63) is 45.4 Å². The molecular weight excluding hydrogens is 296 g/mol. The molecule has 0 saturated carbocycles. The summed E-state index contributed by atoms with van der Waals surface area (Å²) in [5, 5.41) is 4.67. The van der Waals surface area contributed by atoms with Gasteiger partial charge in [0.2, 0.25) is 0 Å². The van der Waals surface area contributed by atoms with Crippen LogP contribution in [0.5, 0.6) is 0 Å². The molecule has 0 aliphatic carbocycles. The summed E-state index contributed by atoms with van der Waals surface area (Å²) in [6, 6.07) is 8.57. The summed E-state index contributed by atoms with van der Waals surface area (Å²) in [6.07, 6.45) is 2.25. The maximum absolute atomic E-state index is 4.86. The van der Waals surface area contributed by atoms with Gasteiger partial charge in [-0.15, -0.1) is 23.1 Å². The minimum absolute atomic E-state index is 0.957. The smallest absolute Gasteiger partial charge is 0.103 e. The van der Waals surface area contributed by atoms with Crippen LogP contribution in [0.1, 0.15) is 41.4 Å². The SMILES string of the molecule is CCCc1nc(CSc2ccccc2C)sc1CNCC. The highest BCUT2D eigenvalue weighted by Gasteiger charge is 2.11. The molecule has 0 aliphatic rings. The minimum atomic E-state index is 0.957. The molecule has 0 fully saturated rings. The maximum Gasteiger partial charge on any atom is 0.103 e. The van der Waals surface area contributed by atoms with E-state index >= 15 is 0 Å². The molecule has 2 aromatic rings. The van der Waals surface area contributed by atoms with Crippen molar-refractivity contribution in [1.82, 2.24) is 10.3 Å². The first-order valence-corrected chi connectivity index (χ1v) is 9.41. The second-order valence-electron chi connectivity index (χ2n) is 5.06. The fraction of sp³-hybridized carbons (Fsp3) is 0.471. The van der Waals surface area contributed by atoms with Crippen molar-refractivity contribution in [2.75, 3.05) is 6.54 Å². The molecule has 0 atom stereocenters. The second kappa shape index (κ2) is 8.57. The molecule has 2 nitrogen and oxygen atoms in total. The van der Waals surface area contributed by atoms with Crippen molar-refractivity contribution in [2.24, 2.45) is 0 Å². The van der Waals surface area contributed by atoms with Crippen LogP contribution in [-0.4, -0.2) is 11.5 Å². The zero-order chi connectivity index (χ0) is 15.1. The Morgan fingerprint density at radius 2 is 2.05 bits per heavy atom. The van der Waals surface area contributed by atoms with Crippen molar-refractivity contribution >= 4 is 23.1 Å². The van der Waals surface area contributed by atoms with Gasteiger partial charge in [-0.1, -0.05) is 38.5 Å². The Morgan fingerprint density at radius 3 is 2.76 bits per heavy atom. The van der Waals surface area contributed by atoms with E-state index in [0.29, 0.717) is 0 Å². The van der Waals surface area contributed by atoms with Crippen LogP contribution in [0.2, 0.25) is 0 Å².